The van der Waals surface area contributed by atoms with Gasteiger partial charge in [0.15, 0.2) is 6.04 Å². The predicted molar refractivity (Wildman–Crippen MR) is 101 cm³/mol. The van der Waals surface area contributed by atoms with Crippen LogP contribution in [0.25, 0.3) is 0 Å². The summed E-state index contributed by atoms with van der Waals surface area (Å²) >= 11 is 5.56. The van der Waals surface area contributed by atoms with Crippen LogP contribution in [-0.2, 0) is 6.18 Å². The monoisotopic (exact) mass is 478 g/mol. The molecule has 32 heavy (non-hydrogen) atoms. The first-order chi connectivity index (χ1) is 14.9. The van der Waals surface area contributed by atoms with E-state index in [-0.39, 0.29) is 22.8 Å². The molecule has 2 atom stereocenters. The molecule has 170 valence electrons. The van der Waals surface area contributed by atoms with Gasteiger partial charge in [0, 0.05) is 12.1 Å². The van der Waals surface area contributed by atoms with Gasteiger partial charge in [-0.25, -0.2) is 4.68 Å². The first-order valence-corrected chi connectivity index (χ1v) is 9.45. The number of carbonyl (C=O) groups is 1. The maximum Gasteiger partial charge on any atom is 0.417 e. The van der Waals surface area contributed by atoms with Gasteiger partial charge in [0.25, 0.3) is 5.91 Å². The molecule has 0 fully saturated rings. The number of benzene rings is 1. The number of hydrogen-bond donors (Lipinski definition) is 2. The van der Waals surface area contributed by atoms with E-state index in [0.717, 1.165) is 18.3 Å². The fourth-order valence-corrected chi connectivity index (χ4v) is 3.65. The molecule has 0 aliphatic carbocycles. The number of rotatable bonds is 3. The van der Waals surface area contributed by atoms with E-state index in [1.54, 1.807) is 0 Å². The van der Waals surface area contributed by atoms with E-state index in [1.807, 2.05) is 0 Å². The molecule has 0 saturated carbocycles. The van der Waals surface area contributed by atoms with E-state index < -0.39 is 47.4 Å². The summed E-state index contributed by atoms with van der Waals surface area (Å²) in [6.45, 7) is 0. The number of nitrogens with zero attached hydrogens (tertiary/aromatic N) is 2. The maximum atomic E-state index is 13.6. The van der Waals surface area contributed by atoms with Crippen LogP contribution in [0, 0.1) is 0 Å². The van der Waals surface area contributed by atoms with Crippen molar-refractivity contribution in [2.24, 2.45) is 0 Å². The third-order valence-electron chi connectivity index (χ3n) is 4.90. The summed E-state index contributed by atoms with van der Waals surface area (Å²) in [5.41, 5.74) is -1.68. The third kappa shape index (κ3) is 4.14. The van der Waals surface area contributed by atoms with Crippen LogP contribution < -0.4 is 10.6 Å². The van der Waals surface area contributed by atoms with Crippen molar-refractivity contribution >= 4 is 29.0 Å². The number of anilines is 2. The van der Waals surface area contributed by atoms with Crippen molar-refractivity contribution < 1.29 is 35.6 Å². The first-order valence-electron chi connectivity index (χ1n) is 9.07. The number of hydrogen-bond acceptors (Lipinski definition) is 4. The number of nitrogens with one attached hydrogen (secondary N) is 2. The Labute approximate surface area is 181 Å². The average molecular weight is 479 g/mol. The van der Waals surface area contributed by atoms with Gasteiger partial charge < -0.3 is 15.1 Å². The first kappa shape index (κ1) is 22.1. The minimum atomic E-state index is -4.76. The third-order valence-corrected chi connectivity index (χ3v) is 5.23. The molecule has 3 heterocycles. The Bertz CT molecular complexity index is 1140. The number of alkyl halides is 6. The molecule has 3 aromatic rings. The molecular weight excluding hydrogens is 466 g/mol. The van der Waals surface area contributed by atoms with Crippen molar-refractivity contribution in [1.82, 2.24) is 9.78 Å². The second-order valence-electron chi connectivity index (χ2n) is 7.00. The van der Waals surface area contributed by atoms with Crippen molar-refractivity contribution in [3.8, 4) is 0 Å². The Morgan fingerprint density at radius 2 is 1.97 bits per heavy atom. The molecule has 13 heteroatoms. The lowest BCUT2D eigenvalue weighted by Crippen LogP contribution is -2.36. The number of amides is 1. The van der Waals surface area contributed by atoms with Crippen LogP contribution >= 0.6 is 11.6 Å². The molecule has 0 bridgehead atoms. The van der Waals surface area contributed by atoms with E-state index in [0.29, 0.717) is 10.7 Å². The minimum absolute atomic E-state index is 0.227. The Morgan fingerprint density at radius 1 is 1.22 bits per heavy atom. The number of furan rings is 1. The zero-order chi connectivity index (χ0) is 23.3. The zero-order valence-corrected chi connectivity index (χ0v) is 16.5. The zero-order valence-electron chi connectivity index (χ0n) is 15.8. The highest BCUT2D eigenvalue weighted by Crippen LogP contribution is 2.44. The van der Waals surface area contributed by atoms with Crippen molar-refractivity contribution in [2.75, 3.05) is 10.6 Å². The summed E-state index contributed by atoms with van der Waals surface area (Å²) in [5.74, 6) is -0.955. The SMILES string of the molecule is O=C(Nc1ccc(Cl)c(C(F)(F)F)c1)c1cnn2c1N[C@H](c1ccco1)C[C@H]2C(F)(F)F. The van der Waals surface area contributed by atoms with Gasteiger partial charge in [0.1, 0.15) is 17.1 Å². The van der Waals surface area contributed by atoms with Gasteiger partial charge in [0.05, 0.1) is 29.1 Å². The van der Waals surface area contributed by atoms with Gasteiger partial charge in [-0.2, -0.15) is 31.4 Å². The summed E-state index contributed by atoms with van der Waals surface area (Å²) in [7, 11) is 0. The van der Waals surface area contributed by atoms with Crippen molar-refractivity contribution in [2.45, 2.75) is 30.9 Å². The average Bonchev–Trinajstić information content (AvgIpc) is 3.36. The minimum Gasteiger partial charge on any atom is -0.467 e. The van der Waals surface area contributed by atoms with Crippen LogP contribution in [0.15, 0.2) is 47.2 Å². The summed E-state index contributed by atoms with van der Waals surface area (Å²) in [6, 6.07) is 2.79. The van der Waals surface area contributed by atoms with E-state index in [2.05, 4.69) is 15.7 Å². The Morgan fingerprint density at radius 3 is 2.59 bits per heavy atom. The number of carbonyl (C=O) groups excluding carboxylic acids is 1. The molecule has 1 aliphatic heterocycles. The van der Waals surface area contributed by atoms with Crippen molar-refractivity contribution in [1.29, 1.82) is 0 Å². The van der Waals surface area contributed by atoms with Crippen molar-refractivity contribution in [3.63, 3.8) is 0 Å². The second kappa shape index (κ2) is 7.76. The smallest absolute Gasteiger partial charge is 0.417 e. The van der Waals surface area contributed by atoms with Gasteiger partial charge in [0.2, 0.25) is 0 Å². The van der Waals surface area contributed by atoms with Crippen LogP contribution in [0.4, 0.5) is 37.8 Å². The lowest BCUT2D eigenvalue weighted by molar-refractivity contribution is -0.174. The molecule has 0 radical (unpaired) electrons. The number of halogens is 7. The highest BCUT2D eigenvalue weighted by molar-refractivity contribution is 6.31. The van der Waals surface area contributed by atoms with Crippen LogP contribution in [0.2, 0.25) is 5.02 Å². The molecule has 2 N–H and O–H groups in total. The molecule has 0 spiro atoms. The Hall–Kier alpha value is -3.15. The molecule has 1 amide bonds. The fraction of sp³-hybridized carbons (Fsp3) is 0.263. The van der Waals surface area contributed by atoms with Gasteiger partial charge in [-0.15, -0.1) is 0 Å². The number of fused-ring (bicyclic) bond motifs is 1. The topological polar surface area (TPSA) is 72.1 Å². The Balaban J connectivity index is 1.67. The van der Waals surface area contributed by atoms with Crippen LogP contribution in [-0.4, -0.2) is 21.9 Å². The fourth-order valence-electron chi connectivity index (χ4n) is 3.42. The van der Waals surface area contributed by atoms with Gasteiger partial charge >= 0.3 is 12.4 Å². The highest BCUT2D eigenvalue weighted by atomic mass is 35.5. The quantitative estimate of drug-likeness (QED) is 0.449. The normalized spacial score (nSPS) is 18.7. The van der Waals surface area contributed by atoms with Crippen LogP contribution in [0.3, 0.4) is 0 Å². The maximum absolute atomic E-state index is 13.6. The summed E-state index contributed by atoms with van der Waals surface area (Å²) in [4.78, 5) is 12.7. The molecule has 1 aromatic carbocycles. The second-order valence-corrected chi connectivity index (χ2v) is 7.41. The lowest BCUT2D eigenvalue weighted by Gasteiger charge is -2.32. The molecular formula is C19H13ClF6N4O2. The van der Waals surface area contributed by atoms with E-state index in [4.69, 9.17) is 16.0 Å². The highest BCUT2D eigenvalue weighted by Gasteiger charge is 2.47. The van der Waals surface area contributed by atoms with Gasteiger partial charge in [-0.3, -0.25) is 4.79 Å². The molecule has 0 unspecified atom stereocenters. The standard InChI is InChI=1S/C19H13ClF6N4O2/c20-12-4-3-9(6-11(12)18(21,22)23)28-17(31)10-8-27-30-15(19(24,25)26)7-13(29-16(10)30)14-2-1-5-32-14/h1-6,8,13,15,29H,7H2,(H,28,31)/t13-,15-/m0/s1. The van der Waals surface area contributed by atoms with Crippen LogP contribution in [0.5, 0.6) is 0 Å². The van der Waals surface area contributed by atoms with Crippen LogP contribution in [0.1, 0.15) is 40.2 Å². The largest absolute Gasteiger partial charge is 0.467 e. The molecule has 4 rings (SSSR count). The lowest BCUT2D eigenvalue weighted by atomic mass is 10.0. The summed E-state index contributed by atoms with van der Waals surface area (Å²) in [6.07, 6.45) is -7.63. The summed E-state index contributed by atoms with van der Waals surface area (Å²) in [5, 5.41) is 8.18. The Kier molecular flexibility index (Phi) is 5.35. The molecule has 6 nitrogen and oxygen atoms in total. The van der Waals surface area contributed by atoms with Gasteiger partial charge in [-0.05, 0) is 30.3 Å². The molecule has 1 aliphatic rings. The predicted octanol–water partition coefficient (Wildman–Crippen LogP) is 6.06. The van der Waals surface area contributed by atoms with E-state index in [9.17, 15) is 31.1 Å². The molecule has 2 aromatic heterocycles. The van der Waals surface area contributed by atoms with Crippen molar-refractivity contribution in [3.05, 3.63) is 64.7 Å². The van der Waals surface area contributed by atoms with E-state index in [1.165, 1.54) is 18.4 Å². The summed E-state index contributed by atoms with van der Waals surface area (Å²) < 4.78 is 86.0. The van der Waals surface area contributed by atoms with Gasteiger partial charge in [-0.1, -0.05) is 11.6 Å². The molecule has 0 saturated heterocycles. The van der Waals surface area contributed by atoms with E-state index >= 15 is 0 Å². The number of aromatic nitrogens is 2.